The van der Waals surface area contributed by atoms with Gasteiger partial charge >= 0.3 is 0 Å². The van der Waals surface area contributed by atoms with Gasteiger partial charge in [0.1, 0.15) is 6.10 Å². The molecule has 0 amide bonds. The van der Waals surface area contributed by atoms with Gasteiger partial charge in [0, 0.05) is 0 Å². The lowest BCUT2D eigenvalue weighted by Gasteiger charge is -2.34. The molecule has 1 aromatic rings. The lowest BCUT2D eigenvalue weighted by molar-refractivity contribution is -0.0959. The van der Waals surface area contributed by atoms with Crippen molar-refractivity contribution < 1.29 is 9.47 Å². The van der Waals surface area contributed by atoms with Crippen LogP contribution in [0.5, 0.6) is 0 Å². The van der Waals surface area contributed by atoms with Gasteiger partial charge in [0.25, 0.3) is 0 Å². The molecule has 0 saturated carbocycles. The summed E-state index contributed by atoms with van der Waals surface area (Å²) in [6, 6.07) is 8.48. The van der Waals surface area contributed by atoms with Crippen LogP contribution in [0.3, 0.4) is 0 Å². The number of fused-ring (bicyclic) bond motifs is 2. The quantitative estimate of drug-likeness (QED) is 0.763. The van der Waals surface area contributed by atoms with Crippen LogP contribution in [0, 0.1) is 12.8 Å². The molecule has 1 aromatic carbocycles. The predicted octanol–water partition coefficient (Wildman–Crippen LogP) is 4.41. The average Bonchev–Trinajstić information content (AvgIpc) is 2.88. The van der Waals surface area contributed by atoms with Gasteiger partial charge in [-0.15, -0.1) is 0 Å². The fraction of sp³-hybridized carbons (Fsp3) is 0.579. The number of benzene rings is 1. The fourth-order valence-corrected chi connectivity index (χ4v) is 3.99. The highest BCUT2D eigenvalue weighted by Gasteiger charge is 2.63. The molecule has 2 aliphatic heterocycles. The molecular formula is C19H26O2. The highest BCUT2D eigenvalue weighted by Crippen LogP contribution is 2.57. The van der Waals surface area contributed by atoms with Crippen LogP contribution in [-0.2, 0) is 16.1 Å². The topological polar surface area (TPSA) is 18.5 Å². The Hall–Kier alpha value is -1.12. The first-order valence-corrected chi connectivity index (χ1v) is 7.94. The van der Waals surface area contributed by atoms with E-state index in [1.54, 1.807) is 0 Å². The SMILES string of the molecule is C=C1[C@@H](OCc2cccc(C)c2)[C@]2(C)CC[C@@]1(C(C)C)O2. The fourth-order valence-electron chi connectivity index (χ4n) is 3.99. The van der Waals surface area contributed by atoms with E-state index in [4.69, 9.17) is 9.47 Å². The van der Waals surface area contributed by atoms with Crippen LogP contribution in [0.25, 0.3) is 0 Å². The van der Waals surface area contributed by atoms with Crippen LogP contribution in [0.2, 0.25) is 0 Å². The predicted molar refractivity (Wildman–Crippen MR) is 85.2 cm³/mol. The zero-order valence-electron chi connectivity index (χ0n) is 13.6. The molecule has 2 saturated heterocycles. The van der Waals surface area contributed by atoms with Crippen molar-refractivity contribution in [2.45, 2.75) is 64.4 Å². The number of hydrogen-bond acceptors (Lipinski definition) is 2. The minimum Gasteiger partial charge on any atom is -0.366 e. The first-order valence-electron chi connectivity index (χ1n) is 7.94. The molecule has 0 unspecified atom stereocenters. The molecule has 2 nitrogen and oxygen atoms in total. The van der Waals surface area contributed by atoms with E-state index in [1.165, 1.54) is 11.1 Å². The monoisotopic (exact) mass is 286 g/mol. The second kappa shape index (κ2) is 4.96. The van der Waals surface area contributed by atoms with E-state index >= 15 is 0 Å². The molecule has 0 radical (unpaired) electrons. The molecule has 3 atom stereocenters. The number of aryl methyl sites for hydroxylation is 1. The molecule has 0 aliphatic carbocycles. The van der Waals surface area contributed by atoms with E-state index < -0.39 is 0 Å². The third-order valence-electron chi connectivity index (χ3n) is 5.25. The van der Waals surface area contributed by atoms with E-state index in [-0.39, 0.29) is 17.3 Å². The Bertz CT molecular complexity index is 562. The minimum atomic E-state index is -0.203. The van der Waals surface area contributed by atoms with E-state index in [9.17, 15) is 0 Å². The molecule has 0 spiro atoms. The van der Waals surface area contributed by atoms with Gasteiger partial charge in [-0.2, -0.15) is 0 Å². The highest BCUT2D eigenvalue weighted by atomic mass is 16.6. The first-order chi connectivity index (χ1) is 9.87. The van der Waals surface area contributed by atoms with Gasteiger partial charge in [-0.3, -0.25) is 0 Å². The van der Waals surface area contributed by atoms with Gasteiger partial charge in [-0.25, -0.2) is 0 Å². The van der Waals surface area contributed by atoms with Crippen LogP contribution in [0.4, 0.5) is 0 Å². The Balaban J connectivity index is 1.76. The van der Waals surface area contributed by atoms with E-state index in [2.05, 4.69) is 58.5 Å². The van der Waals surface area contributed by atoms with Crippen molar-refractivity contribution in [1.29, 1.82) is 0 Å². The van der Waals surface area contributed by atoms with Crippen molar-refractivity contribution in [2.24, 2.45) is 5.92 Å². The van der Waals surface area contributed by atoms with Crippen molar-refractivity contribution >= 4 is 0 Å². The molecule has 2 bridgehead atoms. The van der Waals surface area contributed by atoms with Gasteiger partial charge in [0.15, 0.2) is 0 Å². The normalized spacial score (nSPS) is 34.9. The average molecular weight is 286 g/mol. The third kappa shape index (κ3) is 2.25. The molecule has 2 fully saturated rings. The number of hydrogen-bond donors (Lipinski definition) is 0. The van der Waals surface area contributed by atoms with E-state index in [1.807, 2.05) is 0 Å². The van der Waals surface area contributed by atoms with Gasteiger partial charge in [-0.05, 0) is 43.7 Å². The molecule has 114 valence electrons. The largest absolute Gasteiger partial charge is 0.366 e. The molecule has 3 rings (SSSR count). The third-order valence-corrected chi connectivity index (χ3v) is 5.25. The zero-order chi connectivity index (χ0) is 15.3. The van der Waals surface area contributed by atoms with E-state index in [0.29, 0.717) is 12.5 Å². The summed E-state index contributed by atoms with van der Waals surface area (Å²) in [7, 11) is 0. The molecular weight excluding hydrogens is 260 g/mol. The molecule has 21 heavy (non-hydrogen) atoms. The standard InChI is InChI=1S/C19H26O2/c1-13(2)19-10-9-18(5,21-19)17(15(19)4)20-12-16-8-6-7-14(3)11-16/h6-8,11,13,17H,4,9-10,12H2,1-3,5H3/t17-,18+,19+/m1/s1. The smallest absolute Gasteiger partial charge is 0.110 e. The van der Waals surface area contributed by atoms with Crippen LogP contribution >= 0.6 is 0 Å². The molecule has 2 aliphatic rings. The molecule has 2 heterocycles. The maximum absolute atomic E-state index is 6.42. The lowest BCUT2D eigenvalue weighted by Crippen LogP contribution is -2.40. The summed E-state index contributed by atoms with van der Waals surface area (Å²) < 4.78 is 12.7. The summed E-state index contributed by atoms with van der Waals surface area (Å²) in [4.78, 5) is 0. The summed E-state index contributed by atoms with van der Waals surface area (Å²) in [5.74, 6) is 0.444. The summed E-state index contributed by atoms with van der Waals surface area (Å²) in [6.07, 6.45) is 2.14. The number of rotatable bonds is 4. The Morgan fingerprint density at radius 2 is 2.14 bits per heavy atom. The second-order valence-electron chi connectivity index (χ2n) is 7.16. The van der Waals surface area contributed by atoms with Crippen molar-refractivity contribution in [1.82, 2.24) is 0 Å². The van der Waals surface area contributed by atoms with Crippen molar-refractivity contribution in [3.8, 4) is 0 Å². The Morgan fingerprint density at radius 3 is 2.76 bits per heavy atom. The van der Waals surface area contributed by atoms with Crippen molar-refractivity contribution in [2.75, 3.05) is 0 Å². The van der Waals surface area contributed by atoms with Gasteiger partial charge < -0.3 is 9.47 Å². The van der Waals surface area contributed by atoms with Gasteiger partial charge in [-0.1, -0.05) is 50.3 Å². The maximum Gasteiger partial charge on any atom is 0.110 e. The Labute approximate surface area is 128 Å². The van der Waals surface area contributed by atoms with Crippen LogP contribution in [0.1, 0.15) is 44.7 Å². The highest BCUT2D eigenvalue weighted by molar-refractivity contribution is 5.33. The van der Waals surface area contributed by atoms with Gasteiger partial charge in [0.2, 0.25) is 0 Å². The summed E-state index contributed by atoms with van der Waals surface area (Å²) in [6.45, 7) is 13.7. The zero-order valence-corrected chi connectivity index (χ0v) is 13.6. The minimum absolute atomic E-state index is 0.00848. The van der Waals surface area contributed by atoms with Crippen molar-refractivity contribution in [3.05, 3.63) is 47.5 Å². The van der Waals surface area contributed by atoms with Crippen LogP contribution in [0.15, 0.2) is 36.4 Å². The van der Waals surface area contributed by atoms with Crippen molar-refractivity contribution in [3.63, 3.8) is 0 Å². The van der Waals surface area contributed by atoms with Crippen LogP contribution in [-0.4, -0.2) is 17.3 Å². The second-order valence-corrected chi connectivity index (χ2v) is 7.16. The molecule has 0 N–H and O–H groups in total. The summed E-state index contributed by atoms with van der Waals surface area (Å²) in [5.41, 5.74) is 3.24. The first kappa shape index (κ1) is 14.8. The number of ether oxygens (including phenoxy) is 2. The van der Waals surface area contributed by atoms with E-state index in [0.717, 1.165) is 18.4 Å². The summed E-state index contributed by atoms with van der Waals surface area (Å²) in [5, 5.41) is 0. The maximum atomic E-state index is 6.42. The Kier molecular flexibility index (Phi) is 3.50. The summed E-state index contributed by atoms with van der Waals surface area (Å²) >= 11 is 0. The van der Waals surface area contributed by atoms with Gasteiger partial charge in [0.05, 0.1) is 17.8 Å². The molecule has 2 heteroatoms. The van der Waals surface area contributed by atoms with Crippen LogP contribution < -0.4 is 0 Å². The Morgan fingerprint density at radius 1 is 1.38 bits per heavy atom. The molecule has 0 aromatic heterocycles. The lowest BCUT2D eigenvalue weighted by atomic mass is 9.72.